The molecular weight excluding hydrogens is 269 g/mol. The van der Waals surface area contributed by atoms with Crippen molar-refractivity contribution in [2.24, 2.45) is 5.73 Å². The number of halogens is 2. The predicted molar refractivity (Wildman–Crippen MR) is 73.6 cm³/mol. The lowest BCUT2D eigenvalue weighted by Gasteiger charge is -2.13. The number of aliphatic carboxylic acids is 1. The lowest BCUT2D eigenvalue weighted by molar-refractivity contribution is -0.138. The van der Waals surface area contributed by atoms with Crippen LogP contribution in [0, 0.1) is 5.82 Å². The third-order valence-electron chi connectivity index (χ3n) is 2.73. The lowest BCUT2D eigenvalue weighted by Crippen LogP contribution is -2.21. The van der Waals surface area contributed by atoms with Crippen LogP contribution in [0.3, 0.4) is 0 Å². The molecule has 0 aliphatic carbocycles. The minimum Gasteiger partial charge on any atom is -0.480 e. The molecule has 1 atom stereocenters. The van der Waals surface area contributed by atoms with Crippen LogP contribution in [0.15, 0.2) is 48.5 Å². The Balaban J connectivity index is 0.00000180. The molecule has 0 aliphatic rings. The Bertz CT molecular complexity index is 589. The normalized spacial score (nSPS) is 11.5. The highest BCUT2D eigenvalue weighted by atomic mass is 35.5. The highest BCUT2D eigenvalue weighted by Crippen LogP contribution is 2.29. The summed E-state index contributed by atoms with van der Waals surface area (Å²) in [4.78, 5) is 10.9. The summed E-state index contributed by atoms with van der Waals surface area (Å²) in [7, 11) is 0. The van der Waals surface area contributed by atoms with E-state index >= 15 is 0 Å². The SMILES string of the molecule is Cl.NC(C(=O)O)c1ccccc1-c1ccccc1F. The van der Waals surface area contributed by atoms with Crippen molar-refractivity contribution >= 4 is 18.4 Å². The van der Waals surface area contributed by atoms with E-state index in [0.29, 0.717) is 16.7 Å². The number of carbonyl (C=O) groups is 1. The van der Waals surface area contributed by atoms with Crippen molar-refractivity contribution in [3.8, 4) is 11.1 Å². The summed E-state index contributed by atoms with van der Waals surface area (Å²) in [5.74, 6) is -1.54. The van der Waals surface area contributed by atoms with E-state index in [1.807, 2.05) is 0 Å². The zero-order chi connectivity index (χ0) is 13.1. The van der Waals surface area contributed by atoms with Gasteiger partial charge in [0.05, 0.1) is 0 Å². The van der Waals surface area contributed by atoms with Crippen molar-refractivity contribution in [2.75, 3.05) is 0 Å². The van der Waals surface area contributed by atoms with Crippen LogP contribution in [0.4, 0.5) is 4.39 Å². The minimum atomic E-state index is -1.17. The molecule has 0 bridgehead atoms. The highest BCUT2D eigenvalue weighted by Gasteiger charge is 2.19. The zero-order valence-corrected chi connectivity index (χ0v) is 10.7. The molecule has 100 valence electrons. The van der Waals surface area contributed by atoms with E-state index in [1.54, 1.807) is 42.5 Å². The molecule has 1 unspecified atom stereocenters. The van der Waals surface area contributed by atoms with Gasteiger partial charge in [-0.1, -0.05) is 42.5 Å². The molecule has 19 heavy (non-hydrogen) atoms. The Hall–Kier alpha value is -1.91. The molecule has 0 amide bonds. The number of hydrogen-bond donors (Lipinski definition) is 2. The van der Waals surface area contributed by atoms with Crippen LogP contribution in [0.1, 0.15) is 11.6 Å². The second-order valence-corrected chi connectivity index (χ2v) is 3.88. The van der Waals surface area contributed by atoms with E-state index in [9.17, 15) is 9.18 Å². The van der Waals surface area contributed by atoms with Gasteiger partial charge in [-0.3, -0.25) is 4.79 Å². The van der Waals surface area contributed by atoms with Crippen molar-refractivity contribution in [3.63, 3.8) is 0 Å². The fourth-order valence-electron chi connectivity index (χ4n) is 1.83. The Morgan fingerprint density at radius 3 is 2.16 bits per heavy atom. The molecule has 2 rings (SSSR count). The molecule has 3 N–H and O–H groups in total. The van der Waals surface area contributed by atoms with Crippen LogP contribution in [0.2, 0.25) is 0 Å². The molecule has 0 saturated heterocycles. The van der Waals surface area contributed by atoms with Crippen molar-refractivity contribution in [2.45, 2.75) is 6.04 Å². The molecule has 2 aromatic carbocycles. The van der Waals surface area contributed by atoms with Crippen molar-refractivity contribution < 1.29 is 14.3 Å². The third kappa shape index (κ3) is 3.10. The number of nitrogens with two attached hydrogens (primary N) is 1. The average Bonchev–Trinajstić information content (AvgIpc) is 2.38. The second kappa shape index (κ2) is 6.31. The Morgan fingerprint density at radius 2 is 1.58 bits per heavy atom. The fourth-order valence-corrected chi connectivity index (χ4v) is 1.83. The summed E-state index contributed by atoms with van der Waals surface area (Å²) in [6.45, 7) is 0. The Labute approximate surface area is 116 Å². The number of benzene rings is 2. The average molecular weight is 282 g/mol. The number of rotatable bonds is 3. The summed E-state index contributed by atoms with van der Waals surface area (Å²) >= 11 is 0. The lowest BCUT2D eigenvalue weighted by atomic mass is 9.95. The molecule has 0 saturated carbocycles. The van der Waals surface area contributed by atoms with Gasteiger partial charge >= 0.3 is 5.97 Å². The largest absolute Gasteiger partial charge is 0.480 e. The second-order valence-electron chi connectivity index (χ2n) is 3.88. The summed E-state index contributed by atoms with van der Waals surface area (Å²) in [5, 5.41) is 8.96. The van der Waals surface area contributed by atoms with Crippen molar-refractivity contribution in [1.82, 2.24) is 0 Å². The van der Waals surface area contributed by atoms with E-state index in [1.165, 1.54) is 6.07 Å². The Kier molecular flexibility index (Phi) is 5.03. The predicted octanol–water partition coefficient (Wildman–Crippen LogP) is 3.00. The first kappa shape index (κ1) is 15.1. The van der Waals surface area contributed by atoms with E-state index in [0.717, 1.165) is 0 Å². The first-order chi connectivity index (χ1) is 8.61. The first-order valence-electron chi connectivity index (χ1n) is 5.43. The highest BCUT2D eigenvalue weighted by molar-refractivity contribution is 5.85. The first-order valence-corrected chi connectivity index (χ1v) is 5.43. The van der Waals surface area contributed by atoms with E-state index in [2.05, 4.69) is 0 Å². The quantitative estimate of drug-likeness (QED) is 0.909. The molecule has 0 fully saturated rings. The van der Waals surface area contributed by atoms with Gasteiger partial charge < -0.3 is 10.8 Å². The van der Waals surface area contributed by atoms with E-state index in [-0.39, 0.29) is 12.4 Å². The summed E-state index contributed by atoms with van der Waals surface area (Å²) < 4.78 is 13.7. The molecular formula is C14H13ClFNO2. The van der Waals surface area contributed by atoms with Crippen LogP contribution in [-0.4, -0.2) is 11.1 Å². The van der Waals surface area contributed by atoms with Gasteiger partial charge in [-0.15, -0.1) is 12.4 Å². The Morgan fingerprint density at radius 1 is 1.05 bits per heavy atom. The van der Waals surface area contributed by atoms with Gasteiger partial charge in [0.25, 0.3) is 0 Å². The van der Waals surface area contributed by atoms with Gasteiger partial charge in [0, 0.05) is 5.56 Å². The number of carboxylic acids is 1. The molecule has 0 spiro atoms. The van der Waals surface area contributed by atoms with Crippen LogP contribution >= 0.6 is 12.4 Å². The summed E-state index contributed by atoms with van der Waals surface area (Å²) in [6.07, 6.45) is 0. The van der Waals surface area contributed by atoms with Crippen LogP contribution in [0.25, 0.3) is 11.1 Å². The van der Waals surface area contributed by atoms with Crippen LogP contribution in [0.5, 0.6) is 0 Å². The molecule has 0 aromatic heterocycles. The van der Waals surface area contributed by atoms with Gasteiger partial charge in [-0.25, -0.2) is 4.39 Å². The minimum absolute atomic E-state index is 0. The molecule has 0 radical (unpaired) electrons. The van der Waals surface area contributed by atoms with Crippen molar-refractivity contribution in [1.29, 1.82) is 0 Å². The number of carboxylic acid groups (broad SMARTS) is 1. The monoisotopic (exact) mass is 281 g/mol. The van der Waals surface area contributed by atoms with E-state index in [4.69, 9.17) is 10.8 Å². The zero-order valence-electron chi connectivity index (χ0n) is 9.92. The van der Waals surface area contributed by atoms with Gasteiger partial charge in [0.1, 0.15) is 11.9 Å². The van der Waals surface area contributed by atoms with Gasteiger partial charge in [-0.05, 0) is 17.2 Å². The maximum Gasteiger partial charge on any atom is 0.325 e. The maximum absolute atomic E-state index is 13.7. The molecule has 5 heteroatoms. The molecule has 0 heterocycles. The fraction of sp³-hybridized carbons (Fsp3) is 0.0714. The van der Waals surface area contributed by atoms with Crippen LogP contribution in [-0.2, 0) is 4.79 Å². The standard InChI is InChI=1S/C14H12FNO2.ClH/c15-12-8-4-3-6-10(12)9-5-1-2-7-11(9)13(16)14(17)18;/h1-8,13H,16H2,(H,17,18);1H. The van der Waals surface area contributed by atoms with Gasteiger partial charge in [0.15, 0.2) is 0 Å². The topological polar surface area (TPSA) is 63.3 Å². The van der Waals surface area contributed by atoms with E-state index < -0.39 is 17.8 Å². The summed E-state index contributed by atoms with van der Waals surface area (Å²) in [5.41, 5.74) is 6.86. The van der Waals surface area contributed by atoms with Crippen molar-refractivity contribution in [3.05, 3.63) is 59.9 Å². The molecule has 3 nitrogen and oxygen atoms in total. The summed E-state index contributed by atoms with van der Waals surface area (Å²) in [6, 6.07) is 11.7. The molecule has 0 aliphatic heterocycles. The third-order valence-corrected chi connectivity index (χ3v) is 2.73. The van der Waals surface area contributed by atoms with Gasteiger partial charge in [0.2, 0.25) is 0 Å². The molecule has 2 aromatic rings. The smallest absolute Gasteiger partial charge is 0.325 e. The number of hydrogen-bond acceptors (Lipinski definition) is 2. The van der Waals surface area contributed by atoms with Crippen LogP contribution < -0.4 is 5.73 Å². The van der Waals surface area contributed by atoms with Gasteiger partial charge in [-0.2, -0.15) is 0 Å². The maximum atomic E-state index is 13.7.